The van der Waals surface area contributed by atoms with E-state index in [2.05, 4.69) is 0 Å². The number of ketones is 1. The van der Waals surface area contributed by atoms with Gasteiger partial charge in [0.2, 0.25) is 11.7 Å². The van der Waals surface area contributed by atoms with Gasteiger partial charge in [0, 0.05) is 23.3 Å². The third-order valence-electron chi connectivity index (χ3n) is 9.03. The predicted octanol–water partition coefficient (Wildman–Crippen LogP) is -0.136. The second kappa shape index (κ2) is 9.42. The van der Waals surface area contributed by atoms with Gasteiger partial charge in [-0.1, -0.05) is 12.5 Å². The molecule has 0 aromatic rings. The maximum Gasteiger partial charge on any atom is 0.348 e. The molecule has 10 atom stereocenters. The second-order valence-corrected chi connectivity index (χ2v) is 11.2. The van der Waals surface area contributed by atoms with E-state index in [1.165, 1.54) is 14.0 Å². The van der Waals surface area contributed by atoms with Crippen LogP contribution in [0.25, 0.3) is 0 Å². The summed E-state index contributed by atoms with van der Waals surface area (Å²) in [5, 5.41) is 23.1. The number of aliphatic hydroxyl groups is 2. The molecule has 2 aliphatic carbocycles. The highest BCUT2D eigenvalue weighted by Gasteiger charge is 2.85. The van der Waals surface area contributed by atoms with Gasteiger partial charge >= 0.3 is 23.9 Å². The third kappa shape index (κ3) is 3.64. The first-order valence-corrected chi connectivity index (χ1v) is 12.4. The van der Waals surface area contributed by atoms with Crippen molar-refractivity contribution in [3.05, 3.63) is 11.6 Å². The van der Waals surface area contributed by atoms with E-state index in [0.29, 0.717) is 5.57 Å². The Hall–Kier alpha value is -2.83. The molecule has 0 amide bonds. The van der Waals surface area contributed by atoms with Crippen molar-refractivity contribution in [1.82, 2.24) is 0 Å². The van der Waals surface area contributed by atoms with E-state index in [-0.39, 0.29) is 25.2 Å². The van der Waals surface area contributed by atoms with Crippen molar-refractivity contribution in [1.29, 1.82) is 0 Å². The van der Waals surface area contributed by atoms with Crippen molar-refractivity contribution in [2.24, 2.45) is 28.6 Å². The average Bonchev–Trinajstić information content (AvgIpc) is 3.14. The number of hydrogen-bond donors (Lipinski definition) is 2. The molecule has 1 spiro atoms. The first kappa shape index (κ1) is 28.2. The van der Waals surface area contributed by atoms with E-state index < -0.39 is 82.5 Å². The Labute approximate surface area is 219 Å². The number of Topliss-reactive ketones (excluding diaryl/α,β-unsaturated/α-hetero) is 1. The maximum absolute atomic E-state index is 13.4. The Morgan fingerprint density at radius 2 is 1.74 bits per heavy atom. The van der Waals surface area contributed by atoms with Crippen LogP contribution in [0.2, 0.25) is 0 Å². The van der Waals surface area contributed by atoms with Gasteiger partial charge in [-0.3, -0.25) is 9.59 Å². The lowest BCUT2D eigenvalue weighted by Crippen LogP contribution is -2.79. The van der Waals surface area contributed by atoms with Crippen LogP contribution >= 0.6 is 0 Å². The number of hydrogen-bond acceptors (Lipinski definition) is 12. The zero-order valence-electron chi connectivity index (χ0n) is 22.2. The van der Waals surface area contributed by atoms with Crippen LogP contribution < -0.4 is 0 Å². The van der Waals surface area contributed by atoms with Crippen molar-refractivity contribution in [3.63, 3.8) is 0 Å². The molecule has 12 heteroatoms. The number of carbonyl (C=O) groups excluding carboxylic acids is 5. The monoisotopic (exact) mass is 538 g/mol. The molecular weight excluding hydrogens is 504 g/mol. The molecule has 0 aromatic carbocycles. The van der Waals surface area contributed by atoms with E-state index in [0.717, 1.165) is 13.2 Å². The summed E-state index contributed by atoms with van der Waals surface area (Å²) in [4.78, 5) is 64.8. The van der Waals surface area contributed by atoms with Crippen LogP contribution in [0.3, 0.4) is 0 Å². The summed E-state index contributed by atoms with van der Waals surface area (Å²) in [5.74, 6) is -7.25. The highest BCUT2D eigenvalue weighted by atomic mass is 16.6. The van der Waals surface area contributed by atoms with E-state index in [4.69, 9.17) is 23.7 Å². The summed E-state index contributed by atoms with van der Waals surface area (Å²) in [6, 6.07) is 0. The van der Waals surface area contributed by atoms with E-state index >= 15 is 0 Å². The van der Waals surface area contributed by atoms with Crippen LogP contribution in [0.15, 0.2) is 11.6 Å². The van der Waals surface area contributed by atoms with Crippen molar-refractivity contribution >= 4 is 29.7 Å². The summed E-state index contributed by atoms with van der Waals surface area (Å²) in [5.41, 5.74) is -4.44. The minimum Gasteiger partial charge on any atom is -0.469 e. The molecule has 0 radical (unpaired) electrons. The number of allylic oxidation sites excluding steroid dienone is 1. The van der Waals surface area contributed by atoms with Crippen LogP contribution in [-0.2, 0) is 47.7 Å². The zero-order valence-corrected chi connectivity index (χ0v) is 22.2. The molecule has 1 unspecified atom stereocenters. The van der Waals surface area contributed by atoms with Gasteiger partial charge in [0.15, 0.2) is 0 Å². The normalized spacial score (nSPS) is 42.7. The van der Waals surface area contributed by atoms with Crippen molar-refractivity contribution in [3.8, 4) is 0 Å². The molecule has 38 heavy (non-hydrogen) atoms. The molecule has 4 rings (SSSR count). The molecule has 12 nitrogen and oxygen atoms in total. The molecule has 2 saturated carbocycles. The van der Waals surface area contributed by atoms with Crippen LogP contribution in [0.1, 0.15) is 40.5 Å². The molecule has 2 bridgehead atoms. The molecule has 2 heterocycles. The largest absolute Gasteiger partial charge is 0.469 e. The molecule has 4 aliphatic rings. The lowest BCUT2D eigenvalue weighted by Gasteiger charge is -2.66. The Morgan fingerprint density at radius 1 is 1.08 bits per heavy atom. The van der Waals surface area contributed by atoms with Gasteiger partial charge in [0.25, 0.3) is 0 Å². The molecule has 2 saturated heterocycles. The van der Waals surface area contributed by atoms with Gasteiger partial charge < -0.3 is 33.9 Å². The smallest absolute Gasteiger partial charge is 0.348 e. The Morgan fingerprint density at radius 3 is 2.29 bits per heavy atom. The van der Waals surface area contributed by atoms with Crippen molar-refractivity contribution in [2.45, 2.75) is 70.6 Å². The summed E-state index contributed by atoms with van der Waals surface area (Å²) >= 11 is 0. The first-order chi connectivity index (χ1) is 17.7. The highest BCUT2D eigenvalue weighted by Crippen LogP contribution is 2.71. The lowest BCUT2D eigenvalue weighted by atomic mass is 9.39. The zero-order chi connectivity index (χ0) is 28.4. The van der Waals surface area contributed by atoms with E-state index in [1.54, 1.807) is 20.8 Å². The Bertz CT molecular complexity index is 1090. The first-order valence-electron chi connectivity index (χ1n) is 12.4. The number of methoxy groups -OCH3 is 2. The highest BCUT2D eigenvalue weighted by molar-refractivity contribution is 5.90. The maximum atomic E-state index is 13.4. The fourth-order valence-electron chi connectivity index (χ4n) is 7.78. The minimum atomic E-state index is -2.28. The predicted molar refractivity (Wildman–Crippen MR) is 125 cm³/mol. The van der Waals surface area contributed by atoms with Gasteiger partial charge in [-0.25, -0.2) is 14.4 Å². The average molecular weight is 539 g/mol. The van der Waals surface area contributed by atoms with Gasteiger partial charge in [-0.2, -0.15) is 0 Å². The van der Waals surface area contributed by atoms with E-state index in [1.807, 2.05) is 0 Å². The van der Waals surface area contributed by atoms with Crippen LogP contribution in [0.4, 0.5) is 0 Å². The molecular formula is C26H34O12. The van der Waals surface area contributed by atoms with E-state index in [9.17, 15) is 34.2 Å². The molecule has 0 aromatic heterocycles. The summed E-state index contributed by atoms with van der Waals surface area (Å²) in [6.45, 7) is 5.95. The number of rotatable bonds is 6. The molecule has 2 aliphatic heterocycles. The Kier molecular flexibility index (Phi) is 6.99. The number of esters is 4. The Balaban J connectivity index is 1.98. The van der Waals surface area contributed by atoms with Crippen LogP contribution in [0.5, 0.6) is 0 Å². The minimum absolute atomic E-state index is 0.0420. The molecule has 210 valence electrons. The molecule has 4 fully saturated rings. The SMILES string of the molecule is COC(=O)C[C@]1(C)[C@H]2[C@@H](O)[C@H](O)C3(C(=O)OC)OC[C@@]24[C@@H](C[C@H]1C(C)=O)OC(=O)[C@H](OC(=O)C=C(C)C)[C@@H]34. The number of ether oxygens (including phenoxy) is 5. The summed E-state index contributed by atoms with van der Waals surface area (Å²) < 4.78 is 27.2. The fraction of sp³-hybridized carbons (Fsp3) is 0.731. The van der Waals surface area contributed by atoms with Crippen LogP contribution in [0, 0.1) is 28.6 Å². The number of carbonyl (C=O) groups is 5. The van der Waals surface area contributed by atoms with Crippen LogP contribution in [-0.4, -0.2) is 90.7 Å². The van der Waals surface area contributed by atoms with Gasteiger partial charge in [-0.15, -0.1) is 0 Å². The van der Waals surface area contributed by atoms with Gasteiger partial charge in [0.1, 0.15) is 18.0 Å². The van der Waals surface area contributed by atoms with Gasteiger partial charge in [-0.05, 0) is 32.6 Å². The topological polar surface area (TPSA) is 172 Å². The fourth-order valence-corrected chi connectivity index (χ4v) is 7.78. The van der Waals surface area contributed by atoms with Crippen molar-refractivity contribution < 1.29 is 57.9 Å². The van der Waals surface area contributed by atoms with Gasteiger partial charge in [0.05, 0.1) is 39.3 Å². The summed E-state index contributed by atoms with van der Waals surface area (Å²) in [7, 11) is 2.25. The number of aliphatic hydroxyl groups excluding tert-OH is 2. The lowest BCUT2D eigenvalue weighted by molar-refractivity contribution is -0.290. The second-order valence-electron chi connectivity index (χ2n) is 11.2. The third-order valence-corrected chi connectivity index (χ3v) is 9.03. The standard InChI is InChI=1S/C26H34O12/c1-11(2)7-15(28)38-18-20-25-10-36-26(20,23(33)35-6)21(31)17(30)19(25)24(4,9-16(29)34-5)13(12(3)27)8-14(25)37-22(18)32/h7,13-14,17-21,30-31H,8-10H2,1-6H3/t13-,14+,17+,18+,19+,20+,21-,24-,25+,26?/m0/s1. The quantitative estimate of drug-likeness (QED) is 0.261. The molecule has 2 N–H and O–H groups in total. The van der Waals surface area contributed by atoms with Crippen molar-refractivity contribution in [2.75, 3.05) is 20.8 Å². The summed E-state index contributed by atoms with van der Waals surface area (Å²) in [6.07, 6.45) is -5.64.